The summed E-state index contributed by atoms with van der Waals surface area (Å²) in [6.07, 6.45) is 5.87. The number of aromatic nitrogens is 2. The summed E-state index contributed by atoms with van der Waals surface area (Å²) in [5, 5.41) is 0.750. The van der Waals surface area contributed by atoms with Crippen molar-refractivity contribution in [1.29, 1.82) is 0 Å². The highest BCUT2D eigenvalue weighted by Gasteiger charge is 2.10. The summed E-state index contributed by atoms with van der Waals surface area (Å²) in [6, 6.07) is 6.00. The van der Waals surface area contributed by atoms with Gasteiger partial charge in [0, 0.05) is 54.5 Å². The van der Waals surface area contributed by atoms with Crippen molar-refractivity contribution in [3.05, 3.63) is 51.5 Å². The third kappa shape index (κ3) is 5.05. The third-order valence-electron chi connectivity index (χ3n) is 4.06. The second-order valence-electron chi connectivity index (χ2n) is 5.80. The van der Waals surface area contributed by atoms with Crippen molar-refractivity contribution in [2.45, 2.75) is 19.4 Å². The van der Waals surface area contributed by atoms with Crippen LogP contribution in [-0.2, 0) is 17.7 Å². The molecule has 0 spiro atoms. The van der Waals surface area contributed by atoms with Crippen molar-refractivity contribution in [3.8, 4) is 0 Å². The van der Waals surface area contributed by atoms with E-state index in [1.165, 1.54) is 5.56 Å². The first-order chi connectivity index (χ1) is 11.2. The fourth-order valence-electron chi connectivity index (χ4n) is 2.90. The van der Waals surface area contributed by atoms with Gasteiger partial charge in [-0.05, 0) is 30.2 Å². The van der Waals surface area contributed by atoms with Gasteiger partial charge in [-0.2, -0.15) is 0 Å². The number of halogens is 2. The van der Waals surface area contributed by atoms with E-state index in [9.17, 15) is 0 Å². The molecular formula is C17H21BrClN3O. The standard InChI is InChI=1S/C17H21BrClN3O/c18-15-10-14(11-16(19)13-15)12-17-20-2-5-22(17)4-1-3-21-6-8-23-9-7-21/h2,5,10-11,13H,1,3-4,6-9,12H2. The summed E-state index contributed by atoms with van der Waals surface area (Å²) in [5.74, 6) is 1.08. The van der Waals surface area contributed by atoms with Crippen LogP contribution in [0, 0.1) is 0 Å². The minimum atomic E-state index is 0.750. The Morgan fingerprint density at radius 3 is 2.78 bits per heavy atom. The van der Waals surface area contributed by atoms with Crippen molar-refractivity contribution in [1.82, 2.24) is 14.5 Å². The molecule has 1 aromatic carbocycles. The number of nitrogens with zero attached hydrogens (tertiary/aromatic N) is 3. The minimum absolute atomic E-state index is 0.750. The van der Waals surface area contributed by atoms with Gasteiger partial charge in [0.25, 0.3) is 0 Å². The van der Waals surface area contributed by atoms with Crippen LogP contribution in [0.4, 0.5) is 0 Å². The van der Waals surface area contributed by atoms with E-state index >= 15 is 0 Å². The number of ether oxygens (including phenoxy) is 1. The van der Waals surface area contributed by atoms with E-state index in [2.05, 4.69) is 42.6 Å². The molecular weight excluding hydrogens is 378 g/mol. The highest BCUT2D eigenvalue weighted by Crippen LogP contribution is 2.21. The van der Waals surface area contributed by atoms with Crippen molar-refractivity contribution in [3.63, 3.8) is 0 Å². The number of aryl methyl sites for hydroxylation is 1. The van der Waals surface area contributed by atoms with Crippen LogP contribution in [0.2, 0.25) is 5.02 Å². The van der Waals surface area contributed by atoms with Crippen molar-refractivity contribution >= 4 is 27.5 Å². The van der Waals surface area contributed by atoms with E-state index < -0.39 is 0 Å². The summed E-state index contributed by atoms with van der Waals surface area (Å²) in [6.45, 7) is 5.93. The molecule has 2 aromatic rings. The molecule has 0 bridgehead atoms. The molecule has 3 rings (SSSR count). The number of hydrogen-bond acceptors (Lipinski definition) is 3. The minimum Gasteiger partial charge on any atom is -0.379 e. The fraction of sp³-hybridized carbons (Fsp3) is 0.471. The Morgan fingerprint density at radius 2 is 2.00 bits per heavy atom. The molecule has 124 valence electrons. The zero-order chi connectivity index (χ0) is 16.1. The van der Waals surface area contributed by atoms with E-state index in [0.717, 1.165) is 67.6 Å². The Morgan fingerprint density at radius 1 is 1.17 bits per heavy atom. The Kier molecular flexibility index (Phi) is 6.11. The van der Waals surface area contributed by atoms with Crippen LogP contribution in [0.25, 0.3) is 0 Å². The lowest BCUT2D eigenvalue weighted by molar-refractivity contribution is 0.0369. The van der Waals surface area contributed by atoms with Gasteiger partial charge in [0.2, 0.25) is 0 Å². The van der Waals surface area contributed by atoms with Gasteiger partial charge >= 0.3 is 0 Å². The van der Waals surface area contributed by atoms with Gasteiger partial charge in [-0.3, -0.25) is 4.90 Å². The van der Waals surface area contributed by atoms with Gasteiger partial charge in [0.1, 0.15) is 5.82 Å². The first kappa shape index (κ1) is 17.0. The van der Waals surface area contributed by atoms with Crippen molar-refractivity contribution < 1.29 is 4.74 Å². The van der Waals surface area contributed by atoms with Crippen molar-refractivity contribution in [2.24, 2.45) is 0 Å². The summed E-state index contributed by atoms with van der Waals surface area (Å²) in [7, 11) is 0. The van der Waals surface area contributed by atoms with Gasteiger partial charge in [-0.15, -0.1) is 0 Å². The Bertz CT molecular complexity index is 620. The highest BCUT2D eigenvalue weighted by atomic mass is 79.9. The molecule has 0 aliphatic carbocycles. The van der Waals surface area contributed by atoms with Crippen LogP contribution in [-0.4, -0.2) is 47.3 Å². The van der Waals surface area contributed by atoms with Crippen LogP contribution >= 0.6 is 27.5 Å². The first-order valence-electron chi connectivity index (χ1n) is 7.96. The fourth-order valence-corrected chi connectivity index (χ4v) is 3.83. The summed E-state index contributed by atoms with van der Waals surface area (Å²) < 4.78 is 8.64. The Balaban J connectivity index is 1.56. The topological polar surface area (TPSA) is 30.3 Å². The van der Waals surface area contributed by atoms with Gasteiger partial charge in [-0.25, -0.2) is 4.98 Å². The molecule has 1 fully saturated rings. The van der Waals surface area contributed by atoms with Crippen LogP contribution in [0.1, 0.15) is 17.8 Å². The Hall–Kier alpha value is -0.880. The molecule has 1 saturated heterocycles. The average Bonchev–Trinajstić information content (AvgIpc) is 2.94. The second-order valence-corrected chi connectivity index (χ2v) is 7.15. The number of benzene rings is 1. The smallest absolute Gasteiger partial charge is 0.113 e. The van der Waals surface area contributed by atoms with Crippen LogP contribution < -0.4 is 0 Å². The predicted molar refractivity (Wildman–Crippen MR) is 96.1 cm³/mol. The SMILES string of the molecule is Clc1cc(Br)cc(Cc2nccn2CCCN2CCOCC2)c1. The number of rotatable bonds is 6. The molecule has 23 heavy (non-hydrogen) atoms. The van der Waals surface area contributed by atoms with E-state index in [0.29, 0.717) is 0 Å². The molecule has 1 aromatic heterocycles. The molecule has 2 heterocycles. The van der Waals surface area contributed by atoms with Crippen LogP contribution in [0.3, 0.4) is 0 Å². The largest absolute Gasteiger partial charge is 0.379 e. The lowest BCUT2D eigenvalue weighted by Gasteiger charge is -2.26. The maximum Gasteiger partial charge on any atom is 0.113 e. The zero-order valence-electron chi connectivity index (χ0n) is 13.0. The van der Waals surface area contributed by atoms with E-state index in [1.807, 2.05) is 18.3 Å². The molecule has 1 aliphatic rings. The molecule has 1 aliphatic heterocycles. The number of imidazole rings is 1. The lowest BCUT2D eigenvalue weighted by atomic mass is 10.1. The van der Waals surface area contributed by atoms with Gasteiger partial charge in [0.15, 0.2) is 0 Å². The molecule has 0 amide bonds. The summed E-state index contributed by atoms with van der Waals surface area (Å²) >= 11 is 9.62. The first-order valence-corrected chi connectivity index (χ1v) is 9.13. The molecule has 0 unspecified atom stereocenters. The number of hydrogen-bond donors (Lipinski definition) is 0. The molecule has 0 N–H and O–H groups in total. The van der Waals surface area contributed by atoms with Gasteiger partial charge in [0.05, 0.1) is 13.2 Å². The monoisotopic (exact) mass is 397 g/mol. The van der Waals surface area contributed by atoms with Crippen LogP contribution in [0.5, 0.6) is 0 Å². The molecule has 0 saturated carbocycles. The maximum atomic E-state index is 6.13. The normalized spacial score (nSPS) is 15.9. The summed E-state index contributed by atoms with van der Waals surface area (Å²) in [5.41, 5.74) is 1.17. The molecule has 0 atom stereocenters. The van der Waals surface area contributed by atoms with Crippen molar-refractivity contribution in [2.75, 3.05) is 32.8 Å². The van der Waals surface area contributed by atoms with E-state index in [1.54, 1.807) is 0 Å². The average molecular weight is 399 g/mol. The third-order valence-corrected chi connectivity index (χ3v) is 4.74. The molecule has 6 heteroatoms. The molecule has 4 nitrogen and oxygen atoms in total. The zero-order valence-corrected chi connectivity index (χ0v) is 15.4. The molecule has 0 radical (unpaired) electrons. The van der Waals surface area contributed by atoms with E-state index in [4.69, 9.17) is 16.3 Å². The second kappa shape index (κ2) is 8.29. The van der Waals surface area contributed by atoms with Gasteiger partial charge < -0.3 is 9.30 Å². The lowest BCUT2D eigenvalue weighted by Crippen LogP contribution is -2.37. The number of morpholine rings is 1. The van der Waals surface area contributed by atoms with Gasteiger partial charge in [-0.1, -0.05) is 27.5 Å². The highest BCUT2D eigenvalue weighted by molar-refractivity contribution is 9.10. The maximum absolute atomic E-state index is 6.13. The van der Waals surface area contributed by atoms with Crippen LogP contribution in [0.15, 0.2) is 35.1 Å². The van der Waals surface area contributed by atoms with E-state index in [-0.39, 0.29) is 0 Å². The Labute approximate surface area is 150 Å². The quantitative estimate of drug-likeness (QED) is 0.744. The predicted octanol–water partition coefficient (Wildman–Crippen LogP) is 3.61. The summed E-state index contributed by atoms with van der Waals surface area (Å²) in [4.78, 5) is 6.97.